The zero-order chi connectivity index (χ0) is 38.9. The van der Waals surface area contributed by atoms with Gasteiger partial charge >= 0.3 is 0 Å². The number of anilines is 3. The summed E-state index contributed by atoms with van der Waals surface area (Å²) in [5, 5.41) is 2.59. The Morgan fingerprint density at radius 3 is 2.08 bits per heavy atom. The van der Waals surface area contributed by atoms with Gasteiger partial charge in [-0.1, -0.05) is 154 Å². The van der Waals surface area contributed by atoms with Gasteiger partial charge in [0.05, 0.1) is 5.69 Å². The predicted molar refractivity (Wildman–Crippen MR) is 246 cm³/mol. The van der Waals surface area contributed by atoms with E-state index in [1.54, 1.807) is 22.3 Å². The first-order valence-electron chi connectivity index (χ1n) is 23.0. The van der Waals surface area contributed by atoms with Gasteiger partial charge in [-0.3, -0.25) is 0 Å². The molecule has 7 aromatic rings. The van der Waals surface area contributed by atoms with E-state index < -0.39 is 0 Å². The van der Waals surface area contributed by atoms with Crippen LogP contribution < -0.4 is 4.90 Å². The normalized spacial score (nSPS) is 27.8. The second-order valence-corrected chi connectivity index (χ2v) is 19.4. The van der Waals surface area contributed by atoms with Gasteiger partial charge in [-0.2, -0.15) is 0 Å². The summed E-state index contributed by atoms with van der Waals surface area (Å²) in [4.78, 5) is 2.67. The minimum Gasteiger partial charge on any atom is -0.310 e. The Hall–Kier alpha value is -5.40. The van der Waals surface area contributed by atoms with Crippen LogP contribution in [0.1, 0.15) is 93.4 Å². The Bertz CT molecular complexity index is 2800. The first-order chi connectivity index (χ1) is 29.2. The molecule has 13 rings (SSSR count). The fourth-order valence-corrected chi connectivity index (χ4v) is 15.0. The van der Waals surface area contributed by atoms with Gasteiger partial charge in [0, 0.05) is 27.8 Å². The van der Waals surface area contributed by atoms with E-state index in [2.05, 4.69) is 163 Å². The van der Waals surface area contributed by atoms with E-state index in [1.165, 1.54) is 125 Å². The van der Waals surface area contributed by atoms with Crippen LogP contribution in [0.15, 0.2) is 152 Å². The molecule has 0 N–H and O–H groups in total. The van der Waals surface area contributed by atoms with Crippen LogP contribution in [0.5, 0.6) is 0 Å². The molecule has 6 aliphatic rings. The van der Waals surface area contributed by atoms with Crippen LogP contribution in [0, 0.1) is 29.6 Å². The van der Waals surface area contributed by atoms with E-state index in [0.29, 0.717) is 11.8 Å². The molecular formula is C58H53N. The summed E-state index contributed by atoms with van der Waals surface area (Å²) in [6.07, 6.45) is 13.5. The quantitative estimate of drug-likeness (QED) is 0.169. The third-order valence-electron chi connectivity index (χ3n) is 17.1. The molecule has 1 heteroatoms. The number of hydrogen-bond donors (Lipinski definition) is 0. The molecule has 4 saturated carbocycles. The van der Waals surface area contributed by atoms with Gasteiger partial charge < -0.3 is 4.90 Å². The van der Waals surface area contributed by atoms with E-state index in [0.717, 1.165) is 17.8 Å². The van der Waals surface area contributed by atoms with Crippen LogP contribution >= 0.6 is 0 Å². The van der Waals surface area contributed by atoms with E-state index in [1.807, 2.05) is 0 Å². The fourth-order valence-electron chi connectivity index (χ4n) is 15.0. The molecule has 2 spiro atoms. The number of hydrogen-bond acceptors (Lipinski definition) is 1. The second kappa shape index (κ2) is 12.8. The third kappa shape index (κ3) is 4.63. The summed E-state index contributed by atoms with van der Waals surface area (Å²) < 4.78 is 0. The van der Waals surface area contributed by atoms with Gasteiger partial charge in [-0.25, -0.2) is 0 Å². The van der Waals surface area contributed by atoms with Crippen molar-refractivity contribution in [2.75, 3.05) is 4.90 Å². The summed E-state index contributed by atoms with van der Waals surface area (Å²) in [5.74, 6) is 3.81. The van der Waals surface area contributed by atoms with Crippen LogP contribution in [0.2, 0.25) is 0 Å². The largest absolute Gasteiger partial charge is 0.310 e. The number of fused-ring (bicyclic) bond motifs is 17. The van der Waals surface area contributed by atoms with E-state index in [-0.39, 0.29) is 10.8 Å². The van der Waals surface area contributed by atoms with Gasteiger partial charge in [0.2, 0.25) is 0 Å². The molecule has 290 valence electrons. The zero-order valence-corrected chi connectivity index (χ0v) is 34.3. The molecule has 7 unspecified atom stereocenters. The lowest BCUT2D eigenvalue weighted by Crippen LogP contribution is -2.48. The zero-order valence-electron chi connectivity index (χ0n) is 34.3. The first-order valence-corrected chi connectivity index (χ1v) is 23.0. The highest BCUT2D eigenvalue weighted by Crippen LogP contribution is 2.68. The Kier molecular flexibility index (Phi) is 7.48. The van der Waals surface area contributed by atoms with E-state index >= 15 is 0 Å². The number of benzene rings is 7. The lowest BCUT2D eigenvalue weighted by Gasteiger charge is -2.54. The van der Waals surface area contributed by atoms with E-state index in [4.69, 9.17) is 0 Å². The molecule has 0 radical (unpaired) electrons. The molecular weight excluding hydrogens is 711 g/mol. The molecule has 0 amide bonds. The molecule has 4 fully saturated rings. The van der Waals surface area contributed by atoms with Crippen molar-refractivity contribution in [2.24, 2.45) is 29.6 Å². The van der Waals surface area contributed by atoms with Crippen molar-refractivity contribution in [2.45, 2.75) is 82.0 Å². The average Bonchev–Trinajstić information content (AvgIpc) is 4.05. The standard InChI is InChI=1S/C58H53N/c1-2-41-32-37-12-9-15-43(33-37)58(41)52-21-8-6-18-50(52)56-53(58)22-11-23-55(56)59(44-28-25-40(26-29-44)47-19-10-14-39-13-3-4-16-46(39)47)45-30-31-49-48-17-5-7-20-51(48)57(54(49)35-45)36-38-24-27-42(57)34-38/h3-8,10-11,13-14,16-23,25-26,28-31,35,37-38,41-43H,2,9,12,15,24,27,32-34,36H2,1H3. The SMILES string of the molecule is CCC1CC2CCCC(C2)C12c1ccccc1-c1c(N(c3ccc(-c4cccc5ccccc45)cc3)c3ccc4c(c3)C3(CC5CCC3C5)c3ccccc3-4)cccc12. The number of rotatable bonds is 5. The van der Waals surface area contributed by atoms with Crippen LogP contribution in [0.4, 0.5) is 17.1 Å². The summed E-state index contributed by atoms with van der Waals surface area (Å²) in [6.45, 7) is 2.48. The highest BCUT2D eigenvalue weighted by molar-refractivity contribution is 5.99. The molecule has 7 aromatic carbocycles. The smallest absolute Gasteiger partial charge is 0.0543 e. The van der Waals surface area contributed by atoms with Crippen molar-refractivity contribution < 1.29 is 0 Å². The maximum absolute atomic E-state index is 2.67. The molecule has 0 aromatic heterocycles. The predicted octanol–water partition coefficient (Wildman–Crippen LogP) is 15.6. The summed E-state index contributed by atoms with van der Waals surface area (Å²) >= 11 is 0. The molecule has 0 heterocycles. The van der Waals surface area contributed by atoms with Crippen molar-refractivity contribution in [1.29, 1.82) is 0 Å². The van der Waals surface area contributed by atoms with Crippen molar-refractivity contribution >= 4 is 27.8 Å². The number of nitrogens with zero attached hydrogens (tertiary/aromatic N) is 1. The van der Waals surface area contributed by atoms with Crippen LogP contribution in [0.25, 0.3) is 44.2 Å². The molecule has 6 aliphatic carbocycles. The average molecular weight is 764 g/mol. The van der Waals surface area contributed by atoms with Crippen LogP contribution in [-0.4, -0.2) is 0 Å². The van der Waals surface area contributed by atoms with Gasteiger partial charge in [-0.15, -0.1) is 0 Å². The lowest BCUT2D eigenvalue weighted by molar-refractivity contribution is 0.0557. The monoisotopic (exact) mass is 763 g/mol. The van der Waals surface area contributed by atoms with Crippen LogP contribution in [0.3, 0.4) is 0 Å². The molecule has 0 aliphatic heterocycles. The maximum Gasteiger partial charge on any atom is 0.0543 e. The van der Waals surface area contributed by atoms with Crippen molar-refractivity contribution in [3.63, 3.8) is 0 Å². The second-order valence-electron chi connectivity index (χ2n) is 19.4. The highest BCUT2D eigenvalue weighted by Gasteiger charge is 2.58. The van der Waals surface area contributed by atoms with Gasteiger partial charge in [0.1, 0.15) is 0 Å². The van der Waals surface area contributed by atoms with E-state index in [9.17, 15) is 0 Å². The van der Waals surface area contributed by atoms with Gasteiger partial charge in [-0.05, 0) is 159 Å². The molecule has 4 bridgehead atoms. The Labute approximate surface area is 350 Å². The summed E-state index contributed by atoms with van der Waals surface area (Å²) in [5.41, 5.74) is 18.9. The summed E-state index contributed by atoms with van der Waals surface area (Å²) in [7, 11) is 0. The summed E-state index contributed by atoms with van der Waals surface area (Å²) in [6, 6.07) is 59.2. The van der Waals surface area contributed by atoms with Crippen molar-refractivity contribution in [1.82, 2.24) is 0 Å². The first kappa shape index (κ1) is 34.5. The van der Waals surface area contributed by atoms with Gasteiger partial charge in [0.15, 0.2) is 0 Å². The lowest BCUT2D eigenvalue weighted by atomic mass is 9.50. The Morgan fingerprint density at radius 1 is 0.525 bits per heavy atom. The minimum absolute atomic E-state index is 0.0736. The molecule has 59 heavy (non-hydrogen) atoms. The molecule has 7 atom stereocenters. The van der Waals surface area contributed by atoms with Crippen molar-refractivity contribution in [3.8, 4) is 33.4 Å². The Morgan fingerprint density at radius 2 is 1.24 bits per heavy atom. The fraction of sp³-hybridized carbons (Fsp3) is 0.310. The molecule has 1 nitrogen and oxygen atoms in total. The Balaban J connectivity index is 1.04. The molecule has 0 saturated heterocycles. The highest BCUT2D eigenvalue weighted by atomic mass is 15.1. The van der Waals surface area contributed by atoms with Crippen LogP contribution in [-0.2, 0) is 10.8 Å². The minimum atomic E-state index is 0.0736. The topological polar surface area (TPSA) is 3.24 Å². The van der Waals surface area contributed by atoms with Gasteiger partial charge in [0.25, 0.3) is 0 Å². The maximum atomic E-state index is 2.67. The van der Waals surface area contributed by atoms with Crippen molar-refractivity contribution in [3.05, 3.63) is 174 Å². The third-order valence-corrected chi connectivity index (χ3v) is 17.1.